The van der Waals surface area contributed by atoms with Crippen LogP contribution in [0, 0.1) is 0 Å². The highest BCUT2D eigenvalue weighted by atomic mass is 16.5. The third-order valence-corrected chi connectivity index (χ3v) is 4.08. The number of benzene rings is 2. The van der Waals surface area contributed by atoms with E-state index in [1.165, 1.54) is 0 Å². The molecule has 0 radical (unpaired) electrons. The molecule has 0 saturated heterocycles. The number of carbonyl (C=O) groups excluding carboxylic acids is 1. The molecule has 25 heavy (non-hydrogen) atoms. The van der Waals surface area contributed by atoms with Gasteiger partial charge in [0.05, 0.1) is 6.61 Å². The van der Waals surface area contributed by atoms with E-state index in [1.54, 1.807) is 0 Å². The van der Waals surface area contributed by atoms with Crippen LogP contribution in [-0.2, 0) is 4.74 Å². The maximum atomic E-state index is 12.4. The highest BCUT2D eigenvalue weighted by Gasteiger charge is 2.18. The smallest absolute Gasteiger partial charge is 0.355 e. The van der Waals surface area contributed by atoms with Crippen molar-refractivity contribution in [3.05, 3.63) is 66.4 Å². The molecule has 0 aliphatic rings. The molecule has 0 spiro atoms. The van der Waals surface area contributed by atoms with Crippen molar-refractivity contribution < 1.29 is 9.53 Å². The first kappa shape index (κ1) is 16.8. The minimum Gasteiger partial charge on any atom is -0.461 e. The lowest BCUT2D eigenvalue weighted by Gasteiger charge is -2.12. The Morgan fingerprint density at radius 3 is 2.28 bits per heavy atom. The van der Waals surface area contributed by atoms with Crippen LogP contribution in [0.4, 0.5) is 5.69 Å². The van der Waals surface area contributed by atoms with E-state index in [0.717, 1.165) is 28.1 Å². The summed E-state index contributed by atoms with van der Waals surface area (Å²) in [5, 5.41) is 0. The molecule has 0 fully saturated rings. The molecule has 2 aromatic carbocycles. The normalized spacial score (nSPS) is 10.5. The van der Waals surface area contributed by atoms with E-state index in [-0.39, 0.29) is 5.97 Å². The summed E-state index contributed by atoms with van der Waals surface area (Å²) in [7, 11) is 4.01. The molecular weight excluding hydrogens is 312 g/mol. The number of rotatable bonds is 5. The second kappa shape index (κ2) is 7.26. The van der Waals surface area contributed by atoms with Crippen molar-refractivity contribution in [1.82, 2.24) is 4.98 Å². The number of anilines is 1. The summed E-state index contributed by atoms with van der Waals surface area (Å²) in [4.78, 5) is 17.7. The number of hydrogen-bond acceptors (Lipinski definition) is 3. The Labute approximate surface area is 148 Å². The molecule has 0 aliphatic carbocycles. The Kier molecular flexibility index (Phi) is 4.89. The second-order valence-electron chi connectivity index (χ2n) is 6.00. The van der Waals surface area contributed by atoms with Gasteiger partial charge in [-0.1, -0.05) is 42.5 Å². The number of H-pyrrole nitrogens is 1. The third-order valence-electron chi connectivity index (χ3n) is 4.08. The highest BCUT2D eigenvalue weighted by molar-refractivity contribution is 5.97. The Bertz CT molecular complexity index is 849. The van der Waals surface area contributed by atoms with Crippen molar-refractivity contribution in [2.45, 2.75) is 6.92 Å². The molecule has 0 saturated carbocycles. The maximum Gasteiger partial charge on any atom is 0.355 e. The van der Waals surface area contributed by atoms with Crippen LogP contribution in [0.5, 0.6) is 0 Å². The summed E-state index contributed by atoms with van der Waals surface area (Å²) in [6, 6.07) is 20.1. The summed E-state index contributed by atoms with van der Waals surface area (Å²) >= 11 is 0. The van der Waals surface area contributed by atoms with Gasteiger partial charge in [-0.3, -0.25) is 0 Å². The van der Waals surface area contributed by atoms with Gasteiger partial charge in [0.25, 0.3) is 0 Å². The number of esters is 1. The van der Waals surface area contributed by atoms with Gasteiger partial charge in [0.2, 0.25) is 0 Å². The lowest BCUT2D eigenvalue weighted by atomic mass is 10.0. The van der Waals surface area contributed by atoms with Gasteiger partial charge in [-0.05, 0) is 36.2 Å². The van der Waals surface area contributed by atoms with Crippen molar-refractivity contribution in [1.29, 1.82) is 0 Å². The molecule has 0 aliphatic heterocycles. The van der Waals surface area contributed by atoms with Gasteiger partial charge in [0.15, 0.2) is 0 Å². The maximum absolute atomic E-state index is 12.4. The molecule has 1 heterocycles. The average molecular weight is 334 g/mol. The van der Waals surface area contributed by atoms with Crippen LogP contribution in [0.2, 0.25) is 0 Å². The standard InChI is InChI=1S/C21H22N2O2/c1-4-25-21(24)20-18(15-10-12-17(13-11-15)23(2)3)14-19(22-20)16-8-6-5-7-9-16/h5-14,22H,4H2,1-3H3. The number of aromatic amines is 1. The minimum absolute atomic E-state index is 0.337. The van der Waals surface area contributed by atoms with E-state index in [2.05, 4.69) is 4.98 Å². The summed E-state index contributed by atoms with van der Waals surface area (Å²) in [5.41, 5.74) is 5.35. The monoisotopic (exact) mass is 334 g/mol. The third kappa shape index (κ3) is 3.58. The summed E-state index contributed by atoms with van der Waals surface area (Å²) in [5.74, 6) is -0.337. The van der Waals surface area contributed by atoms with Crippen molar-refractivity contribution in [3.63, 3.8) is 0 Å². The van der Waals surface area contributed by atoms with Crippen molar-refractivity contribution in [3.8, 4) is 22.4 Å². The summed E-state index contributed by atoms with van der Waals surface area (Å²) in [6.45, 7) is 2.15. The van der Waals surface area contributed by atoms with Crippen molar-refractivity contribution in [2.24, 2.45) is 0 Å². The van der Waals surface area contributed by atoms with Crippen LogP contribution in [-0.4, -0.2) is 31.7 Å². The van der Waals surface area contributed by atoms with E-state index >= 15 is 0 Å². The Morgan fingerprint density at radius 2 is 1.68 bits per heavy atom. The molecule has 3 aromatic rings. The number of nitrogens with zero attached hydrogens (tertiary/aromatic N) is 1. The van der Waals surface area contributed by atoms with Crippen LogP contribution < -0.4 is 4.90 Å². The topological polar surface area (TPSA) is 45.3 Å². The molecule has 0 atom stereocenters. The molecule has 0 unspecified atom stereocenters. The van der Waals surface area contributed by atoms with E-state index < -0.39 is 0 Å². The van der Waals surface area contributed by atoms with E-state index in [0.29, 0.717) is 12.3 Å². The largest absolute Gasteiger partial charge is 0.461 e. The van der Waals surface area contributed by atoms with Crippen LogP contribution >= 0.6 is 0 Å². The molecule has 1 N–H and O–H groups in total. The zero-order valence-electron chi connectivity index (χ0n) is 14.7. The van der Waals surface area contributed by atoms with Gasteiger partial charge in [0.1, 0.15) is 5.69 Å². The van der Waals surface area contributed by atoms with Crippen LogP contribution in [0.3, 0.4) is 0 Å². The number of hydrogen-bond donors (Lipinski definition) is 1. The fraction of sp³-hybridized carbons (Fsp3) is 0.190. The lowest BCUT2D eigenvalue weighted by molar-refractivity contribution is 0.0521. The van der Waals surface area contributed by atoms with Gasteiger partial charge in [-0.15, -0.1) is 0 Å². The van der Waals surface area contributed by atoms with Gasteiger partial charge in [0, 0.05) is 31.0 Å². The zero-order valence-corrected chi connectivity index (χ0v) is 14.7. The van der Waals surface area contributed by atoms with E-state index in [1.807, 2.05) is 86.6 Å². The molecule has 128 valence electrons. The van der Waals surface area contributed by atoms with Gasteiger partial charge in [-0.25, -0.2) is 4.79 Å². The minimum atomic E-state index is -0.337. The summed E-state index contributed by atoms with van der Waals surface area (Å²) < 4.78 is 5.22. The van der Waals surface area contributed by atoms with Crippen LogP contribution in [0.1, 0.15) is 17.4 Å². The molecular formula is C21H22N2O2. The molecule has 0 bridgehead atoms. The number of aromatic nitrogens is 1. The van der Waals surface area contributed by atoms with Gasteiger partial charge in [-0.2, -0.15) is 0 Å². The average Bonchev–Trinajstić information content (AvgIpc) is 3.08. The van der Waals surface area contributed by atoms with Gasteiger partial charge >= 0.3 is 5.97 Å². The van der Waals surface area contributed by atoms with Crippen molar-refractivity contribution >= 4 is 11.7 Å². The number of nitrogens with one attached hydrogen (secondary N) is 1. The first-order chi connectivity index (χ1) is 12.1. The molecule has 4 nitrogen and oxygen atoms in total. The first-order valence-corrected chi connectivity index (χ1v) is 8.33. The first-order valence-electron chi connectivity index (χ1n) is 8.33. The zero-order chi connectivity index (χ0) is 17.8. The molecule has 4 heteroatoms. The number of carbonyl (C=O) groups is 1. The van der Waals surface area contributed by atoms with E-state index in [4.69, 9.17) is 4.74 Å². The van der Waals surface area contributed by atoms with Crippen molar-refractivity contribution in [2.75, 3.05) is 25.6 Å². The Morgan fingerprint density at radius 1 is 1.00 bits per heavy atom. The fourth-order valence-electron chi connectivity index (χ4n) is 2.76. The van der Waals surface area contributed by atoms with E-state index in [9.17, 15) is 4.79 Å². The SMILES string of the molecule is CCOC(=O)c1[nH]c(-c2ccccc2)cc1-c1ccc(N(C)C)cc1. The van der Waals surface area contributed by atoms with Crippen LogP contribution in [0.15, 0.2) is 60.7 Å². The van der Waals surface area contributed by atoms with Gasteiger partial charge < -0.3 is 14.6 Å². The predicted octanol–water partition coefficient (Wildman–Crippen LogP) is 4.59. The number of ether oxygens (including phenoxy) is 1. The molecule has 0 amide bonds. The quantitative estimate of drug-likeness (QED) is 0.694. The Hall–Kier alpha value is -3.01. The lowest BCUT2D eigenvalue weighted by Crippen LogP contribution is -2.08. The Balaban J connectivity index is 2.07. The summed E-state index contributed by atoms with van der Waals surface area (Å²) in [6.07, 6.45) is 0. The fourth-order valence-corrected chi connectivity index (χ4v) is 2.76. The predicted molar refractivity (Wildman–Crippen MR) is 102 cm³/mol. The second-order valence-corrected chi connectivity index (χ2v) is 6.00. The molecule has 3 rings (SSSR count). The highest BCUT2D eigenvalue weighted by Crippen LogP contribution is 2.31. The van der Waals surface area contributed by atoms with Crippen LogP contribution in [0.25, 0.3) is 22.4 Å². The molecule has 1 aromatic heterocycles.